The summed E-state index contributed by atoms with van der Waals surface area (Å²) in [6, 6.07) is 9.85. The van der Waals surface area contributed by atoms with Crippen molar-refractivity contribution in [1.82, 2.24) is 24.8 Å². The maximum Gasteiger partial charge on any atom is 0.307 e. The Labute approximate surface area is 249 Å². The third kappa shape index (κ3) is 5.73. The first-order valence-electron chi connectivity index (χ1n) is 14.3. The van der Waals surface area contributed by atoms with E-state index in [2.05, 4.69) is 24.7 Å². The summed E-state index contributed by atoms with van der Waals surface area (Å²) in [6.45, 7) is 6.65. The number of halogens is 2. The average Bonchev–Trinajstić information content (AvgIpc) is 3.59. The third-order valence-corrected chi connectivity index (χ3v) is 9.48. The molecule has 1 aromatic carbocycles. The van der Waals surface area contributed by atoms with Crippen LogP contribution < -0.4 is 9.64 Å². The Balaban J connectivity index is 1.11. The molecule has 2 bridgehead atoms. The molecule has 7 rings (SSSR count). The molecule has 1 aliphatic carbocycles. The second-order valence-electron chi connectivity index (χ2n) is 11.7. The number of nitrogens with zero attached hydrogens (tertiary/aromatic N) is 6. The largest absolute Gasteiger partial charge is 0.481 e. The third-order valence-electron chi connectivity index (χ3n) is 9.04. The number of anilines is 1. The Morgan fingerprint density at radius 2 is 1.66 bits per heavy atom. The lowest BCUT2D eigenvalue weighted by molar-refractivity contribution is -0.139. The maximum absolute atomic E-state index is 11.5. The van der Waals surface area contributed by atoms with Gasteiger partial charge in [0.2, 0.25) is 11.8 Å². The highest BCUT2D eigenvalue weighted by Crippen LogP contribution is 2.52. The lowest BCUT2D eigenvalue weighted by atomic mass is 10.1. The van der Waals surface area contributed by atoms with Crippen molar-refractivity contribution in [2.24, 2.45) is 17.8 Å². The van der Waals surface area contributed by atoms with Crippen LogP contribution in [0.15, 0.2) is 42.7 Å². The lowest BCUT2D eigenvalue weighted by Gasteiger charge is -2.34. The Morgan fingerprint density at radius 1 is 0.927 bits per heavy atom. The van der Waals surface area contributed by atoms with Crippen molar-refractivity contribution in [2.45, 2.75) is 31.8 Å². The molecule has 0 spiro atoms. The van der Waals surface area contributed by atoms with Crippen LogP contribution in [0.3, 0.4) is 0 Å². The van der Waals surface area contributed by atoms with Crippen LogP contribution in [0.25, 0.3) is 11.3 Å². The van der Waals surface area contributed by atoms with E-state index in [1.165, 1.54) is 0 Å². The van der Waals surface area contributed by atoms with E-state index in [0.717, 1.165) is 75.6 Å². The topological polar surface area (TPSA) is 94.9 Å². The summed E-state index contributed by atoms with van der Waals surface area (Å²) >= 11 is 12.6. The van der Waals surface area contributed by atoms with Gasteiger partial charge in [-0.15, -0.1) is 0 Å². The molecule has 4 fully saturated rings. The molecule has 5 atom stereocenters. The fraction of sp³-hybridized carbons (Fsp3) is 0.467. The summed E-state index contributed by atoms with van der Waals surface area (Å²) < 4.78 is 6.21. The standard InChI is InChI=1S/C30H32Cl2N6O3/c31-20-11-19(12-21(32)13-20)26-9-18(16-36-5-2-24-25(3-6-36)28(24)29(39)40)10-27(35-26)41-23-14-33-30(34-15-23)38-8-7-37-4-1-22(38)17-37/h9-15,22,24-25,28H,1-8,16-17H2,(H,39,40)/t22?,24-,25+,28+. The smallest absolute Gasteiger partial charge is 0.307 e. The number of aliphatic carboxylic acids is 1. The minimum Gasteiger partial charge on any atom is -0.481 e. The summed E-state index contributed by atoms with van der Waals surface area (Å²) in [7, 11) is 0. The molecule has 3 saturated heterocycles. The van der Waals surface area contributed by atoms with Gasteiger partial charge < -0.3 is 14.7 Å². The second kappa shape index (κ2) is 11.0. The SMILES string of the molecule is O=C(O)[C@H]1[C@@H]2CCN(Cc3cc(Oc4cnc(N5CCN6CCC5C6)nc4)nc(-c4cc(Cl)cc(Cl)c4)c3)CC[C@@H]21. The van der Waals surface area contributed by atoms with Gasteiger partial charge in [0.05, 0.1) is 24.0 Å². The highest BCUT2D eigenvalue weighted by atomic mass is 35.5. The molecular formula is C30H32Cl2N6O3. The first-order chi connectivity index (χ1) is 19.9. The van der Waals surface area contributed by atoms with Gasteiger partial charge in [-0.2, -0.15) is 0 Å². The molecule has 5 heterocycles. The average molecular weight is 596 g/mol. The van der Waals surface area contributed by atoms with Crippen molar-refractivity contribution >= 4 is 35.1 Å². The van der Waals surface area contributed by atoms with E-state index in [-0.39, 0.29) is 5.92 Å². The number of carboxylic acid groups (broad SMARTS) is 1. The molecule has 0 amide bonds. The van der Waals surface area contributed by atoms with E-state index in [0.29, 0.717) is 51.8 Å². The molecular weight excluding hydrogens is 563 g/mol. The van der Waals surface area contributed by atoms with E-state index in [1.807, 2.05) is 24.3 Å². The van der Waals surface area contributed by atoms with Crippen molar-refractivity contribution in [3.63, 3.8) is 0 Å². The Bertz CT molecular complexity index is 1420. The van der Waals surface area contributed by atoms with Crippen molar-refractivity contribution in [2.75, 3.05) is 44.2 Å². The Kier molecular flexibility index (Phi) is 7.23. The molecule has 41 heavy (non-hydrogen) atoms. The number of hydrogen-bond donors (Lipinski definition) is 1. The number of ether oxygens (including phenoxy) is 1. The van der Waals surface area contributed by atoms with E-state index < -0.39 is 5.97 Å². The summed E-state index contributed by atoms with van der Waals surface area (Å²) in [4.78, 5) is 32.7. The second-order valence-corrected chi connectivity index (χ2v) is 12.5. The minimum absolute atomic E-state index is 0.159. The van der Waals surface area contributed by atoms with Crippen molar-refractivity contribution < 1.29 is 14.6 Å². The number of aromatic nitrogens is 3. The van der Waals surface area contributed by atoms with Crippen molar-refractivity contribution in [1.29, 1.82) is 0 Å². The maximum atomic E-state index is 11.5. The zero-order chi connectivity index (χ0) is 28.1. The van der Waals surface area contributed by atoms with Crippen LogP contribution in [-0.4, -0.2) is 81.1 Å². The summed E-state index contributed by atoms with van der Waals surface area (Å²) in [6.07, 6.45) is 6.40. The van der Waals surface area contributed by atoms with Gasteiger partial charge in [-0.05, 0) is 74.0 Å². The summed E-state index contributed by atoms with van der Waals surface area (Å²) in [5.41, 5.74) is 2.56. The van der Waals surface area contributed by atoms with Crippen LogP contribution in [0, 0.1) is 17.8 Å². The van der Waals surface area contributed by atoms with Crippen LogP contribution in [-0.2, 0) is 11.3 Å². The first-order valence-corrected chi connectivity index (χ1v) is 15.1. The van der Waals surface area contributed by atoms with Gasteiger partial charge in [0, 0.05) is 60.4 Å². The van der Waals surface area contributed by atoms with Gasteiger partial charge in [0.1, 0.15) is 0 Å². The highest BCUT2D eigenvalue weighted by Gasteiger charge is 2.54. The molecule has 2 unspecified atom stereocenters. The number of rotatable bonds is 7. The van der Waals surface area contributed by atoms with Crippen LogP contribution in [0.2, 0.25) is 10.0 Å². The lowest BCUT2D eigenvalue weighted by Crippen LogP contribution is -2.47. The van der Waals surface area contributed by atoms with Gasteiger partial charge in [-0.25, -0.2) is 15.0 Å². The fourth-order valence-corrected chi connectivity index (χ4v) is 7.46. The van der Waals surface area contributed by atoms with Gasteiger partial charge in [0.25, 0.3) is 0 Å². The van der Waals surface area contributed by atoms with Crippen molar-refractivity contribution in [3.8, 4) is 22.9 Å². The molecule has 11 heteroatoms. The molecule has 214 valence electrons. The molecule has 2 aromatic heterocycles. The number of hydrogen-bond acceptors (Lipinski definition) is 8. The normalized spacial score (nSPS) is 27.3. The van der Waals surface area contributed by atoms with Gasteiger partial charge in [-0.1, -0.05) is 23.2 Å². The summed E-state index contributed by atoms with van der Waals surface area (Å²) in [5, 5.41) is 10.5. The minimum atomic E-state index is -0.646. The van der Waals surface area contributed by atoms with Crippen LogP contribution in [0.5, 0.6) is 11.6 Å². The predicted molar refractivity (Wildman–Crippen MR) is 157 cm³/mol. The van der Waals surface area contributed by atoms with E-state index in [1.54, 1.807) is 18.5 Å². The van der Waals surface area contributed by atoms with Crippen molar-refractivity contribution in [3.05, 3.63) is 58.3 Å². The zero-order valence-corrected chi connectivity index (χ0v) is 24.1. The molecule has 3 aromatic rings. The number of benzene rings is 1. The monoisotopic (exact) mass is 594 g/mol. The number of pyridine rings is 1. The number of fused-ring (bicyclic) bond motifs is 3. The predicted octanol–water partition coefficient (Wildman–Crippen LogP) is 5.07. The molecule has 4 aliphatic rings. The van der Waals surface area contributed by atoms with Gasteiger partial charge in [0.15, 0.2) is 5.75 Å². The Morgan fingerprint density at radius 3 is 2.37 bits per heavy atom. The highest BCUT2D eigenvalue weighted by molar-refractivity contribution is 6.35. The zero-order valence-electron chi connectivity index (χ0n) is 22.6. The molecule has 9 nitrogen and oxygen atoms in total. The Hall–Kier alpha value is -2.98. The number of likely N-dealkylation sites (tertiary alicyclic amines) is 1. The fourth-order valence-electron chi connectivity index (χ4n) is 6.94. The number of carbonyl (C=O) groups is 1. The van der Waals surface area contributed by atoms with E-state index in [9.17, 15) is 9.90 Å². The molecule has 1 saturated carbocycles. The van der Waals surface area contributed by atoms with E-state index >= 15 is 0 Å². The molecule has 1 N–H and O–H groups in total. The molecule has 3 aliphatic heterocycles. The van der Waals surface area contributed by atoms with Gasteiger partial charge in [-0.3, -0.25) is 14.6 Å². The van der Waals surface area contributed by atoms with Crippen LogP contribution in [0.1, 0.15) is 24.8 Å². The van der Waals surface area contributed by atoms with Crippen LogP contribution >= 0.6 is 23.2 Å². The first kappa shape index (κ1) is 26.9. The van der Waals surface area contributed by atoms with Crippen LogP contribution in [0.4, 0.5) is 5.95 Å². The van der Waals surface area contributed by atoms with E-state index in [4.69, 9.17) is 32.9 Å². The number of carboxylic acids is 1. The van der Waals surface area contributed by atoms with Gasteiger partial charge >= 0.3 is 5.97 Å². The summed E-state index contributed by atoms with van der Waals surface area (Å²) in [5.74, 6) is 1.51. The molecule has 0 radical (unpaired) electrons. The quantitative estimate of drug-likeness (QED) is 0.402. The number of piperazine rings is 1.